The van der Waals surface area contributed by atoms with Crippen molar-refractivity contribution >= 4 is 34.9 Å². The SMILES string of the molecule is CCN(CC)C(=O)C1=C(C)N=c2s/c(=C/c3ccccc3OCc3ccc(Cl)cc3)c(=O)n2[C@H]1c1cc(OC)ccc1OC. The van der Waals surface area contributed by atoms with E-state index in [9.17, 15) is 9.59 Å². The van der Waals surface area contributed by atoms with Crippen LogP contribution < -0.4 is 29.1 Å². The third-order valence-electron chi connectivity index (χ3n) is 7.55. The number of amides is 1. The van der Waals surface area contributed by atoms with Gasteiger partial charge >= 0.3 is 0 Å². The highest BCUT2D eigenvalue weighted by Crippen LogP contribution is 2.38. The number of rotatable bonds is 10. The van der Waals surface area contributed by atoms with Crippen molar-refractivity contribution in [3.8, 4) is 17.2 Å². The molecule has 228 valence electrons. The number of aromatic nitrogens is 1. The molecular weight excluding hydrogens is 598 g/mol. The minimum atomic E-state index is -0.775. The van der Waals surface area contributed by atoms with E-state index in [1.807, 2.05) is 81.4 Å². The van der Waals surface area contributed by atoms with Crippen LogP contribution in [0.2, 0.25) is 5.02 Å². The van der Waals surface area contributed by atoms with Crippen LogP contribution in [0.1, 0.15) is 43.5 Å². The molecular formula is C34H34ClN3O5S. The summed E-state index contributed by atoms with van der Waals surface area (Å²) in [4.78, 5) is 35.2. The van der Waals surface area contributed by atoms with E-state index >= 15 is 0 Å². The zero-order valence-electron chi connectivity index (χ0n) is 25.3. The van der Waals surface area contributed by atoms with Crippen LogP contribution in [0.5, 0.6) is 17.2 Å². The molecule has 0 spiro atoms. The Balaban J connectivity index is 1.66. The lowest BCUT2D eigenvalue weighted by Gasteiger charge is -2.30. The van der Waals surface area contributed by atoms with Crippen molar-refractivity contribution < 1.29 is 19.0 Å². The van der Waals surface area contributed by atoms with Gasteiger partial charge in [-0.05, 0) is 68.8 Å². The first-order chi connectivity index (χ1) is 21.3. The number of nitrogens with zero attached hydrogens (tertiary/aromatic N) is 3. The zero-order valence-corrected chi connectivity index (χ0v) is 26.9. The summed E-state index contributed by atoms with van der Waals surface area (Å²) in [5.74, 6) is 1.57. The smallest absolute Gasteiger partial charge is 0.271 e. The van der Waals surface area contributed by atoms with E-state index < -0.39 is 6.04 Å². The number of thiazole rings is 1. The molecule has 5 rings (SSSR count). The Morgan fingerprint density at radius 2 is 1.75 bits per heavy atom. The van der Waals surface area contributed by atoms with E-state index in [1.54, 1.807) is 35.8 Å². The average Bonchev–Trinajstić information content (AvgIpc) is 3.34. The average molecular weight is 632 g/mol. The van der Waals surface area contributed by atoms with Gasteiger partial charge in [0.05, 0.1) is 30.0 Å². The minimum Gasteiger partial charge on any atom is -0.497 e. The maximum absolute atomic E-state index is 14.3. The monoisotopic (exact) mass is 631 g/mol. The largest absolute Gasteiger partial charge is 0.497 e. The Morgan fingerprint density at radius 1 is 1.02 bits per heavy atom. The number of carbonyl (C=O) groups is 1. The van der Waals surface area contributed by atoms with Crippen molar-refractivity contribution in [1.82, 2.24) is 9.47 Å². The number of para-hydroxylation sites is 1. The van der Waals surface area contributed by atoms with E-state index in [0.717, 1.165) is 11.1 Å². The van der Waals surface area contributed by atoms with Gasteiger partial charge in [0.1, 0.15) is 29.9 Å². The molecule has 10 heteroatoms. The standard InChI is InChI=1S/C34H34ClN3O5S/c1-6-37(7-2)33(40)30-21(3)36-34-38(31(30)26-19-25(41-4)16-17-28(26)42-5)32(39)29(44-34)18-23-10-8-9-11-27(23)43-20-22-12-14-24(35)15-13-22/h8-19,31H,6-7,20H2,1-5H3/b29-18+/t31-/m0/s1. The van der Waals surface area contributed by atoms with Gasteiger partial charge in [-0.1, -0.05) is 53.3 Å². The van der Waals surface area contributed by atoms with Gasteiger partial charge in [0, 0.05) is 29.2 Å². The molecule has 2 heterocycles. The quantitative estimate of drug-likeness (QED) is 0.236. The number of benzene rings is 3. The fourth-order valence-electron chi connectivity index (χ4n) is 5.24. The van der Waals surface area contributed by atoms with Crippen LogP contribution in [0.4, 0.5) is 0 Å². The Kier molecular flexibility index (Phi) is 9.56. The lowest BCUT2D eigenvalue weighted by molar-refractivity contribution is -0.127. The van der Waals surface area contributed by atoms with Crippen molar-refractivity contribution in [1.29, 1.82) is 0 Å². The van der Waals surface area contributed by atoms with Gasteiger partial charge < -0.3 is 19.1 Å². The molecule has 0 bridgehead atoms. The highest BCUT2D eigenvalue weighted by molar-refractivity contribution is 7.07. The second kappa shape index (κ2) is 13.5. The highest BCUT2D eigenvalue weighted by Gasteiger charge is 2.36. The molecule has 4 aromatic rings. The molecule has 3 aromatic carbocycles. The molecule has 1 aliphatic heterocycles. The van der Waals surface area contributed by atoms with E-state index in [2.05, 4.69) is 0 Å². The number of hydrogen-bond acceptors (Lipinski definition) is 7. The predicted molar refractivity (Wildman–Crippen MR) is 173 cm³/mol. The Hall–Kier alpha value is -4.34. The Morgan fingerprint density at radius 3 is 2.43 bits per heavy atom. The van der Waals surface area contributed by atoms with Gasteiger partial charge in [0.15, 0.2) is 4.80 Å². The normalized spacial score (nSPS) is 14.6. The number of halogens is 1. The van der Waals surface area contributed by atoms with Crippen LogP contribution in [0.3, 0.4) is 0 Å². The molecule has 0 N–H and O–H groups in total. The molecule has 1 aromatic heterocycles. The summed E-state index contributed by atoms with van der Waals surface area (Å²) in [5, 5.41) is 0.659. The van der Waals surface area contributed by atoms with E-state index in [-0.39, 0.29) is 11.5 Å². The van der Waals surface area contributed by atoms with Gasteiger partial charge in [-0.2, -0.15) is 0 Å². The number of hydrogen-bond donors (Lipinski definition) is 0. The van der Waals surface area contributed by atoms with Crippen LogP contribution >= 0.6 is 22.9 Å². The van der Waals surface area contributed by atoms with Crippen LogP contribution in [-0.2, 0) is 11.4 Å². The van der Waals surface area contributed by atoms with Crippen LogP contribution in [0.25, 0.3) is 6.08 Å². The van der Waals surface area contributed by atoms with Crippen molar-refractivity contribution in [2.75, 3.05) is 27.3 Å². The van der Waals surface area contributed by atoms with Crippen molar-refractivity contribution in [3.05, 3.63) is 119 Å². The first kappa shape index (κ1) is 31.1. The third-order valence-corrected chi connectivity index (χ3v) is 8.78. The number of allylic oxidation sites excluding steroid dienone is 1. The summed E-state index contributed by atoms with van der Waals surface area (Å²) in [5.41, 5.74) is 3.06. The second-order valence-corrected chi connectivity index (χ2v) is 11.6. The molecule has 1 aliphatic rings. The molecule has 1 amide bonds. The lowest BCUT2D eigenvalue weighted by Crippen LogP contribution is -2.43. The van der Waals surface area contributed by atoms with Gasteiger partial charge in [-0.3, -0.25) is 14.2 Å². The summed E-state index contributed by atoms with van der Waals surface area (Å²) < 4.78 is 19.5. The van der Waals surface area contributed by atoms with Gasteiger partial charge in [0.25, 0.3) is 11.5 Å². The van der Waals surface area contributed by atoms with Gasteiger partial charge in [-0.25, -0.2) is 4.99 Å². The second-order valence-electron chi connectivity index (χ2n) is 10.1. The fourth-order valence-corrected chi connectivity index (χ4v) is 6.40. The molecule has 8 nitrogen and oxygen atoms in total. The zero-order chi connectivity index (χ0) is 31.4. The molecule has 0 saturated heterocycles. The van der Waals surface area contributed by atoms with Crippen molar-refractivity contribution in [3.63, 3.8) is 0 Å². The summed E-state index contributed by atoms with van der Waals surface area (Å²) in [6.45, 7) is 7.05. The lowest BCUT2D eigenvalue weighted by atomic mass is 9.93. The maximum atomic E-state index is 14.3. The summed E-state index contributed by atoms with van der Waals surface area (Å²) >= 11 is 7.30. The molecule has 44 heavy (non-hydrogen) atoms. The molecule has 1 atom stereocenters. The highest BCUT2D eigenvalue weighted by atomic mass is 35.5. The summed E-state index contributed by atoms with van der Waals surface area (Å²) in [6.07, 6.45) is 1.81. The number of carbonyl (C=O) groups excluding carboxylic acids is 1. The van der Waals surface area contributed by atoms with Crippen LogP contribution in [0, 0.1) is 0 Å². The van der Waals surface area contributed by atoms with Gasteiger partial charge in [-0.15, -0.1) is 0 Å². The van der Waals surface area contributed by atoms with Crippen molar-refractivity contribution in [2.24, 2.45) is 4.99 Å². The third kappa shape index (κ3) is 6.16. The van der Waals surface area contributed by atoms with Gasteiger partial charge in [0.2, 0.25) is 0 Å². The van der Waals surface area contributed by atoms with Crippen molar-refractivity contribution in [2.45, 2.75) is 33.4 Å². The molecule has 0 fully saturated rings. The molecule has 0 radical (unpaired) electrons. The fraction of sp³-hybridized carbons (Fsp3) is 0.265. The summed E-state index contributed by atoms with van der Waals surface area (Å²) in [7, 11) is 3.14. The van der Waals surface area contributed by atoms with E-state index in [0.29, 0.717) is 68.1 Å². The number of fused-ring (bicyclic) bond motifs is 1. The first-order valence-electron chi connectivity index (χ1n) is 14.3. The Labute approximate surface area is 265 Å². The molecule has 0 unspecified atom stereocenters. The summed E-state index contributed by atoms with van der Waals surface area (Å²) in [6, 6.07) is 19.6. The number of ether oxygens (including phenoxy) is 3. The van der Waals surface area contributed by atoms with E-state index in [4.69, 9.17) is 30.8 Å². The number of methoxy groups -OCH3 is 2. The minimum absolute atomic E-state index is 0.179. The first-order valence-corrected chi connectivity index (χ1v) is 15.5. The predicted octanol–water partition coefficient (Wildman–Crippen LogP) is 5.35. The molecule has 0 aliphatic carbocycles. The maximum Gasteiger partial charge on any atom is 0.271 e. The Bertz CT molecular complexity index is 1890. The molecule has 0 saturated carbocycles. The number of likely N-dealkylation sites (N-methyl/N-ethyl adjacent to an activating group) is 1. The van der Waals surface area contributed by atoms with Crippen LogP contribution in [0.15, 0.2) is 87.8 Å². The van der Waals surface area contributed by atoms with Crippen LogP contribution in [-0.4, -0.2) is 42.7 Å². The van der Waals surface area contributed by atoms with E-state index in [1.165, 1.54) is 11.3 Å². The topological polar surface area (TPSA) is 82.4 Å².